The molecule has 0 bridgehead atoms. The number of fused-ring (bicyclic) bond motifs is 1. The molecule has 0 spiro atoms. The fourth-order valence-electron chi connectivity index (χ4n) is 3.08. The third kappa shape index (κ3) is 3.62. The van der Waals surface area contributed by atoms with Crippen LogP contribution in [0.2, 0.25) is 0 Å². The van der Waals surface area contributed by atoms with Crippen LogP contribution in [0.5, 0.6) is 11.5 Å². The van der Waals surface area contributed by atoms with Crippen LogP contribution in [0, 0.1) is 0 Å². The number of benzene rings is 1. The number of nitrogens with one attached hydrogen (secondary N) is 1. The zero-order valence-electron chi connectivity index (χ0n) is 13.4. The zero-order chi connectivity index (χ0) is 17.0. The van der Waals surface area contributed by atoms with Gasteiger partial charge in [-0.05, 0) is 25.0 Å². The predicted molar refractivity (Wildman–Crippen MR) is 84.6 cm³/mol. The number of carbonyl (C=O) groups is 2. The normalized spacial score (nSPS) is 19.2. The van der Waals surface area contributed by atoms with Gasteiger partial charge in [-0.25, -0.2) is 0 Å². The molecule has 0 saturated carbocycles. The molecule has 2 heterocycles. The molecule has 3 rings (SSSR count). The maximum absolute atomic E-state index is 12.8. The lowest BCUT2D eigenvalue weighted by atomic mass is 9.86. The number of carboxylic acids is 1. The van der Waals surface area contributed by atoms with Crippen LogP contribution >= 0.6 is 0 Å². The molecular weight excluding hydrogens is 314 g/mol. The minimum atomic E-state index is -0.941. The minimum absolute atomic E-state index is 0.130. The van der Waals surface area contributed by atoms with Crippen molar-refractivity contribution in [1.82, 2.24) is 5.32 Å². The zero-order valence-corrected chi connectivity index (χ0v) is 13.4. The fourth-order valence-corrected chi connectivity index (χ4v) is 3.08. The van der Waals surface area contributed by atoms with Crippen molar-refractivity contribution in [3.63, 3.8) is 0 Å². The molecule has 2 N–H and O–H groups in total. The van der Waals surface area contributed by atoms with Gasteiger partial charge in [0, 0.05) is 19.6 Å². The van der Waals surface area contributed by atoms with Crippen LogP contribution < -0.4 is 14.8 Å². The molecule has 7 heteroatoms. The Labute approximate surface area is 139 Å². The molecule has 0 atom stereocenters. The second-order valence-corrected chi connectivity index (χ2v) is 6.10. The van der Waals surface area contributed by atoms with Crippen molar-refractivity contribution >= 4 is 11.9 Å². The summed E-state index contributed by atoms with van der Waals surface area (Å²) in [6.07, 6.45) is 1.55. The molecule has 2 aliphatic heterocycles. The summed E-state index contributed by atoms with van der Waals surface area (Å²) in [5.41, 5.74) is -0.430. The smallest absolute Gasteiger partial charge is 0.305 e. The van der Waals surface area contributed by atoms with E-state index in [0.717, 1.165) is 6.42 Å². The first-order chi connectivity index (χ1) is 11.6. The molecule has 7 nitrogen and oxygen atoms in total. The van der Waals surface area contributed by atoms with E-state index in [1.165, 1.54) is 0 Å². The van der Waals surface area contributed by atoms with Crippen LogP contribution in [0.25, 0.3) is 0 Å². The minimum Gasteiger partial charge on any atom is -0.490 e. The summed E-state index contributed by atoms with van der Waals surface area (Å²) in [7, 11) is 0. The first-order valence-corrected chi connectivity index (χ1v) is 8.10. The van der Waals surface area contributed by atoms with E-state index in [4.69, 9.17) is 14.2 Å². The van der Waals surface area contributed by atoms with E-state index in [1.54, 1.807) is 18.2 Å². The molecule has 0 unspecified atom stereocenters. The van der Waals surface area contributed by atoms with E-state index in [1.807, 2.05) is 0 Å². The lowest BCUT2D eigenvalue weighted by Gasteiger charge is -2.37. The van der Waals surface area contributed by atoms with Crippen LogP contribution in [0.1, 0.15) is 36.0 Å². The molecule has 0 radical (unpaired) electrons. The Balaban J connectivity index is 1.84. The Morgan fingerprint density at radius 3 is 2.62 bits per heavy atom. The number of carbonyl (C=O) groups excluding carboxylic acids is 1. The van der Waals surface area contributed by atoms with Gasteiger partial charge in [0.2, 0.25) is 0 Å². The van der Waals surface area contributed by atoms with Crippen molar-refractivity contribution in [3.05, 3.63) is 23.8 Å². The Kier molecular flexibility index (Phi) is 4.89. The van der Waals surface area contributed by atoms with Crippen molar-refractivity contribution in [2.24, 2.45) is 0 Å². The largest absolute Gasteiger partial charge is 0.490 e. The van der Waals surface area contributed by atoms with Crippen LogP contribution in [0.4, 0.5) is 0 Å². The van der Waals surface area contributed by atoms with Crippen molar-refractivity contribution in [2.45, 2.75) is 31.2 Å². The highest BCUT2D eigenvalue weighted by Crippen LogP contribution is 2.34. The number of para-hydroxylation sites is 1. The Bertz CT molecular complexity index is 624. The quantitative estimate of drug-likeness (QED) is 0.868. The van der Waals surface area contributed by atoms with E-state index in [-0.39, 0.29) is 12.3 Å². The molecule has 1 amide bonds. The lowest BCUT2D eigenvalue weighted by Crippen LogP contribution is -2.53. The van der Waals surface area contributed by atoms with Gasteiger partial charge in [0.15, 0.2) is 11.5 Å². The molecule has 0 aliphatic carbocycles. The van der Waals surface area contributed by atoms with E-state index in [9.17, 15) is 14.7 Å². The van der Waals surface area contributed by atoms with E-state index in [2.05, 4.69) is 5.32 Å². The fraction of sp³-hybridized carbons (Fsp3) is 0.529. The number of ether oxygens (including phenoxy) is 3. The summed E-state index contributed by atoms with van der Waals surface area (Å²) in [5, 5.41) is 12.1. The van der Waals surface area contributed by atoms with Crippen LogP contribution in [0.3, 0.4) is 0 Å². The average molecular weight is 335 g/mol. The summed E-state index contributed by atoms with van der Waals surface area (Å²) in [6.45, 7) is 1.88. The van der Waals surface area contributed by atoms with Crippen molar-refractivity contribution in [3.8, 4) is 11.5 Å². The molecule has 1 saturated heterocycles. The Morgan fingerprint density at radius 1 is 1.12 bits per heavy atom. The summed E-state index contributed by atoms with van der Waals surface area (Å²) in [4.78, 5) is 24.0. The standard InChI is InChI=1S/C17H21NO6/c19-14(20)11-17(5-9-22-10-6-17)18-16(21)12-3-1-4-13-15(12)24-8-2-7-23-13/h1,3-4H,2,5-11H2,(H,18,21)(H,19,20). The first-order valence-electron chi connectivity index (χ1n) is 8.10. The first kappa shape index (κ1) is 16.6. The molecule has 1 aromatic rings. The SMILES string of the molecule is O=C(O)CC1(NC(=O)c2cccc3c2OCCCO3)CCOCC1. The van der Waals surface area contributed by atoms with E-state index < -0.39 is 11.5 Å². The van der Waals surface area contributed by atoms with Gasteiger partial charge in [-0.2, -0.15) is 0 Å². The van der Waals surface area contributed by atoms with Crippen molar-refractivity contribution in [2.75, 3.05) is 26.4 Å². The Morgan fingerprint density at radius 2 is 1.88 bits per heavy atom. The van der Waals surface area contributed by atoms with Crippen LogP contribution in [-0.4, -0.2) is 48.9 Å². The van der Waals surface area contributed by atoms with E-state index in [0.29, 0.717) is 56.3 Å². The molecule has 2 aliphatic rings. The van der Waals surface area contributed by atoms with Gasteiger partial charge >= 0.3 is 5.97 Å². The second kappa shape index (κ2) is 7.09. The van der Waals surface area contributed by atoms with Crippen molar-refractivity contribution in [1.29, 1.82) is 0 Å². The topological polar surface area (TPSA) is 94.1 Å². The number of rotatable bonds is 4. The third-order valence-corrected chi connectivity index (χ3v) is 4.33. The third-order valence-electron chi connectivity index (χ3n) is 4.33. The molecule has 0 aromatic heterocycles. The maximum atomic E-state index is 12.8. The van der Waals surface area contributed by atoms with Gasteiger partial charge in [0.05, 0.1) is 30.7 Å². The number of hydrogen-bond donors (Lipinski definition) is 2. The van der Waals surface area contributed by atoms with Crippen LogP contribution in [0.15, 0.2) is 18.2 Å². The van der Waals surface area contributed by atoms with Gasteiger partial charge in [0.25, 0.3) is 5.91 Å². The highest BCUT2D eigenvalue weighted by atomic mass is 16.5. The van der Waals surface area contributed by atoms with Gasteiger partial charge in [-0.3, -0.25) is 9.59 Å². The number of amides is 1. The molecule has 1 fully saturated rings. The van der Waals surface area contributed by atoms with E-state index >= 15 is 0 Å². The summed E-state index contributed by atoms with van der Waals surface area (Å²) in [6, 6.07) is 5.16. The maximum Gasteiger partial charge on any atom is 0.305 e. The van der Waals surface area contributed by atoms with Gasteiger partial charge in [-0.15, -0.1) is 0 Å². The molecule has 1 aromatic carbocycles. The molecular formula is C17H21NO6. The van der Waals surface area contributed by atoms with Gasteiger partial charge < -0.3 is 24.6 Å². The van der Waals surface area contributed by atoms with Crippen LogP contribution in [-0.2, 0) is 9.53 Å². The van der Waals surface area contributed by atoms with Gasteiger partial charge in [-0.1, -0.05) is 6.07 Å². The monoisotopic (exact) mass is 335 g/mol. The lowest BCUT2D eigenvalue weighted by molar-refractivity contribution is -0.139. The number of aliphatic carboxylic acids is 1. The second-order valence-electron chi connectivity index (χ2n) is 6.10. The molecule has 130 valence electrons. The summed E-state index contributed by atoms with van der Waals surface area (Å²) >= 11 is 0. The highest BCUT2D eigenvalue weighted by Gasteiger charge is 2.37. The summed E-state index contributed by atoms with van der Waals surface area (Å²) < 4.78 is 16.6. The number of hydrogen-bond acceptors (Lipinski definition) is 5. The van der Waals surface area contributed by atoms with Gasteiger partial charge in [0.1, 0.15) is 0 Å². The summed E-state index contributed by atoms with van der Waals surface area (Å²) in [5.74, 6) is -0.325. The number of carboxylic acid groups (broad SMARTS) is 1. The Hall–Kier alpha value is -2.28. The molecule has 24 heavy (non-hydrogen) atoms. The van der Waals surface area contributed by atoms with Crippen molar-refractivity contribution < 1.29 is 28.9 Å². The highest BCUT2D eigenvalue weighted by molar-refractivity contribution is 5.98. The average Bonchev–Trinajstić information content (AvgIpc) is 2.79. The predicted octanol–water partition coefficient (Wildman–Crippen LogP) is 1.60.